The number of phenolic OH excluding ortho intramolecular Hbond substituents is 1. The Morgan fingerprint density at radius 3 is 2.51 bits per heavy atom. The highest BCUT2D eigenvalue weighted by molar-refractivity contribution is 5.93. The predicted molar refractivity (Wildman–Crippen MR) is 128 cm³/mol. The number of hydrogen-bond acceptors (Lipinski definition) is 7. The van der Waals surface area contributed by atoms with Crippen LogP contribution in [0.4, 0.5) is 5.69 Å². The van der Waals surface area contributed by atoms with Crippen molar-refractivity contribution < 1.29 is 24.0 Å². The minimum absolute atomic E-state index is 0.0000599. The van der Waals surface area contributed by atoms with Crippen LogP contribution in [-0.4, -0.2) is 26.7 Å². The van der Waals surface area contributed by atoms with E-state index in [9.17, 15) is 20.0 Å². The molecule has 0 saturated carbocycles. The molecule has 0 unspecified atom stereocenters. The number of aromatic nitrogens is 1. The van der Waals surface area contributed by atoms with Crippen LogP contribution in [0.15, 0.2) is 76.2 Å². The third-order valence-corrected chi connectivity index (χ3v) is 5.21. The number of amides is 1. The number of nitrogens with one attached hydrogen (secondary N) is 1. The molecule has 2 N–H and O–H groups in total. The van der Waals surface area contributed by atoms with Crippen LogP contribution in [0.1, 0.15) is 33.3 Å². The van der Waals surface area contributed by atoms with E-state index in [2.05, 4.69) is 27.2 Å². The van der Waals surface area contributed by atoms with E-state index in [0.717, 1.165) is 29.4 Å². The van der Waals surface area contributed by atoms with Crippen molar-refractivity contribution in [1.82, 2.24) is 9.99 Å². The SMILES string of the molecule is Cc1ccc(C)n1-c1ccc(OCc2ccc(C(=O)NN=Cc3cc(O)ccc3[N+](=O)[O-])o2)cc1. The molecule has 0 fully saturated rings. The molecule has 0 aliphatic carbocycles. The number of carbonyl (C=O) groups is 1. The number of rotatable bonds is 8. The highest BCUT2D eigenvalue weighted by Crippen LogP contribution is 2.22. The maximum atomic E-state index is 12.3. The fraction of sp³-hybridized carbons (Fsp3) is 0.120. The number of nitrogens with zero attached hydrogens (tertiary/aromatic N) is 3. The van der Waals surface area contributed by atoms with Gasteiger partial charge in [-0.2, -0.15) is 5.10 Å². The van der Waals surface area contributed by atoms with Crippen molar-refractivity contribution in [3.05, 3.63) is 105 Å². The Bertz CT molecular complexity index is 1380. The van der Waals surface area contributed by atoms with E-state index in [1.165, 1.54) is 18.2 Å². The molecule has 4 aromatic rings. The fourth-order valence-electron chi connectivity index (χ4n) is 3.53. The Kier molecular flexibility index (Phi) is 6.63. The number of carbonyl (C=O) groups excluding carboxylic acids is 1. The summed E-state index contributed by atoms with van der Waals surface area (Å²) < 4.78 is 13.4. The Balaban J connectivity index is 1.34. The number of aromatic hydroxyl groups is 1. The molecule has 0 aliphatic rings. The van der Waals surface area contributed by atoms with Gasteiger partial charge in [0.05, 0.1) is 16.7 Å². The Labute approximate surface area is 200 Å². The third kappa shape index (κ3) is 5.38. The first-order chi connectivity index (χ1) is 16.8. The lowest BCUT2D eigenvalue weighted by Gasteiger charge is -2.10. The van der Waals surface area contributed by atoms with Crippen molar-refractivity contribution in [2.75, 3.05) is 0 Å². The minimum atomic E-state index is -0.642. The van der Waals surface area contributed by atoms with Crippen LogP contribution in [0.25, 0.3) is 5.69 Å². The van der Waals surface area contributed by atoms with Gasteiger partial charge in [-0.05, 0) is 74.5 Å². The molecule has 2 aromatic carbocycles. The van der Waals surface area contributed by atoms with Gasteiger partial charge in [0.15, 0.2) is 5.76 Å². The van der Waals surface area contributed by atoms with Crippen molar-refractivity contribution in [3.63, 3.8) is 0 Å². The number of aryl methyl sites for hydroxylation is 2. The van der Waals surface area contributed by atoms with Gasteiger partial charge in [0, 0.05) is 23.1 Å². The van der Waals surface area contributed by atoms with Gasteiger partial charge in [0.2, 0.25) is 0 Å². The quantitative estimate of drug-likeness (QED) is 0.217. The summed E-state index contributed by atoms with van der Waals surface area (Å²) in [6, 6.07) is 18.4. The zero-order valence-corrected chi connectivity index (χ0v) is 19.0. The van der Waals surface area contributed by atoms with Gasteiger partial charge in [-0.3, -0.25) is 14.9 Å². The topological polar surface area (TPSA) is 132 Å². The number of furan rings is 1. The van der Waals surface area contributed by atoms with Gasteiger partial charge in [-0.25, -0.2) is 5.43 Å². The van der Waals surface area contributed by atoms with Crippen LogP contribution in [0.5, 0.6) is 11.5 Å². The molecule has 2 heterocycles. The summed E-state index contributed by atoms with van der Waals surface area (Å²) in [5, 5.41) is 24.3. The first-order valence-corrected chi connectivity index (χ1v) is 10.6. The molecule has 4 rings (SSSR count). The number of benzene rings is 2. The summed E-state index contributed by atoms with van der Waals surface area (Å²) >= 11 is 0. The molecule has 10 heteroatoms. The van der Waals surface area contributed by atoms with Crippen molar-refractivity contribution in [2.24, 2.45) is 5.10 Å². The van der Waals surface area contributed by atoms with E-state index in [-0.39, 0.29) is 29.4 Å². The number of hydrazone groups is 1. The number of phenols is 1. The first-order valence-electron chi connectivity index (χ1n) is 10.6. The molecule has 0 bridgehead atoms. The van der Waals surface area contributed by atoms with Gasteiger partial charge in [-0.15, -0.1) is 0 Å². The van der Waals surface area contributed by atoms with Gasteiger partial charge in [0.1, 0.15) is 23.9 Å². The summed E-state index contributed by atoms with van der Waals surface area (Å²) in [5.74, 6) is 0.278. The predicted octanol–water partition coefficient (Wildman–Crippen LogP) is 4.64. The lowest BCUT2D eigenvalue weighted by Crippen LogP contribution is -2.16. The average molecular weight is 474 g/mol. The van der Waals surface area contributed by atoms with Crippen LogP contribution in [0.3, 0.4) is 0 Å². The molecule has 1 amide bonds. The molecule has 0 atom stereocenters. The standard InChI is InChI=1S/C25H22N4O6/c1-16-3-4-17(2)28(16)19-5-8-21(9-6-19)34-15-22-10-12-24(35-22)25(31)27-26-14-18-13-20(30)7-11-23(18)29(32)33/h3-14,30H,15H2,1-2H3,(H,27,31). The number of nitro groups is 1. The highest BCUT2D eigenvalue weighted by atomic mass is 16.6. The molecule has 0 spiro atoms. The fourth-order valence-corrected chi connectivity index (χ4v) is 3.53. The summed E-state index contributed by atoms with van der Waals surface area (Å²) in [7, 11) is 0. The van der Waals surface area contributed by atoms with Crippen LogP contribution in [-0.2, 0) is 6.61 Å². The maximum Gasteiger partial charge on any atom is 0.307 e. The van der Waals surface area contributed by atoms with Gasteiger partial charge < -0.3 is 18.8 Å². The highest BCUT2D eigenvalue weighted by Gasteiger charge is 2.14. The summed E-state index contributed by atoms with van der Waals surface area (Å²) in [6.07, 6.45) is 1.07. The summed E-state index contributed by atoms with van der Waals surface area (Å²) in [6.45, 7) is 4.21. The summed E-state index contributed by atoms with van der Waals surface area (Å²) in [4.78, 5) is 22.7. The van der Waals surface area contributed by atoms with Crippen molar-refractivity contribution >= 4 is 17.8 Å². The Hall–Kier alpha value is -4.86. The lowest BCUT2D eigenvalue weighted by molar-refractivity contribution is -0.385. The molecule has 0 saturated heterocycles. The Morgan fingerprint density at radius 1 is 1.11 bits per heavy atom. The summed E-state index contributed by atoms with van der Waals surface area (Å²) in [5.41, 5.74) is 5.33. The van der Waals surface area contributed by atoms with E-state index in [4.69, 9.17) is 9.15 Å². The van der Waals surface area contributed by atoms with Gasteiger partial charge >= 0.3 is 5.91 Å². The van der Waals surface area contributed by atoms with Crippen molar-refractivity contribution in [1.29, 1.82) is 0 Å². The van der Waals surface area contributed by atoms with Gasteiger partial charge in [-0.1, -0.05) is 0 Å². The zero-order valence-electron chi connectivity index (χ0n) is 19.0. The van der Waals surface area contributed by atoms with E-state index >= 15 is 0 Å². The third-order valence-electron chi connectivity index (χ3n) is 5.21. The molecule has 2 aromatic heterocycles. The average Bonchev–Trinajstić information content (AvgIpc) is 3.44. The van der Waals surface area contributed by atoms with E-state index in [1.807, 2.05) is 38.1 Å². The Morgan fingerprint density at radius 2 is 1.83 bits per heavy atom. The maximum absolute atomic E-state index is 12.3. The number of hydrogen-bond donors (Lipinski definition) is 2. The number of nitro benzene ring substituents is 1. The molecule has 35 heavy (non-hydrogen) atoms. The molecule has 178 valence electrons. The van der Waals surface area contributed by atoms with E-state index < -0.39 is 10.8 Å². The molecular weight excluding hydrogens is 452 g/mol. The van der Waals surface area contributed by atoms with Crippen LogP contribution >= 0.6 is 0 Å². The van der Waals surface area contributed by atoms with Crippen LogP contribution in [0.2, 0.25) is 0 Å². The second kappa shape index (κ2) is 9.96. The normalized spacial score (nSPS) is 11.0. The van der Waals surface area contributed by atoms with E-state index in [0.29, 0.717) is 11.5 Å². The monoisotopic (exact) mass is 474 g/mol. The second-order valence-electron chi connectivity index (χ2n) is 7.70. The van der Waals surface area contributed by atoms with Crippen LogP contribution in [0, 0.1) is 24.0 Å². The molecule has 10 nitrogen and oxygen atoms in total. The largest absolute Gasteiger partial charge is 0.508 e. The first kappa shape index (κ1) is 23.3. The smallest absolute Gasteiger partial charge is 0.307 e. The minimum Gasteiger partial charge on any atom is -0.508 e. The van der Waals surface area contributed by atoms with Crippen LogP contribution < -0.4 is 10.2 Å². The molecule has 0 radical (unpaired) electrons. The van der Waals surface area contributed by atoms with Gasteiger partial charge in [0.25, 0.3) is 5.69 Å². The second-order valence-corrected chi connectivity index (χ2v) is 7.70. The molecular formula is C25H22N4O6. The van der Waals surface area contributed by atoms with Crippen molar-refractivity contribution in [3.8, 4) is 17.2 Å². The van der Waals surface area contributed by atoms with E-state index in [1.54, 1.807) is 6.07 Å². The lowest BCUT2D eigenvalue weighted by atomic mass is 10.2. The zero-order chi connectivity index (χ0) is 24.9. The molecule has 0 aliphatic heterocycles. The number of ether oxygens (including phenoxy) is 1. The van der Waals surface area contributed by atoms with Crippen molar-refractivity contribution in [2.45, 2.75) is 20.5 Å².